The van der Waals surface area contributed by atoms with Gasteiger partial charge in [-0.1, -0.05) is 17.7 Å². The maximum absolute atomic E-state index is 13.2. The fourth-order valence-electron chi connectivity index (χ4n) is 1.15. The quantitative estimate of drug-likeness (QED) is 0.533. The lowest BCUT2D eigenvalue weighted by Crippen LogP contribution is -1.98. The van der Waals surface area contributed by atoms with Crippen LogP contribution in [0.15, 0.2) is 12.1 Å². The molecule has 1 saturated heterocycles. The van der Waals surface area contributed by atoms with E-state index in [2.05, 4.69) is 0 Å². The van der Waals surface area contributed by atoms with Gasteiger partial charge in [0, 0.05) is 6.42 Å². The third kappa shape index (κ3) is 1.81. The van der Waals surface area contributed by atoms with Crippen LogP contribution in [0.5, 0.6) is 0 Å². The second kappa shape index (κ2) is 3.24. The van der Waals surface area contributed by atoms with Crippen molar-refractivity contribution in [1.82, 2.24) is 0 Å². The molecule has 1 nitrogen and oxygen atoms in total. The predicted octanol–water partition coefficient (Wildman–Crippen LogP) is 2.56. The summed E-state index contributed by atoms with van der Waals surface area (Å²) in [5.41, 5.74) is 0.411. The summed E-state index contributed by atoms with van der Waals surface area (Å²) in [6.07, 6.45) is 0.544. The van der Waals surface area contributed by atoms with Crippen molar-refractivity contribution in [2.75, 3.05) is 6.61 Å². The summed E-state index contributed by atoms with van der Waals surface area (Å²) in [4.78, 5) is 0. The second-order valence-electron chi connectivity index (χ2n) is 2.99. The summed E-state index contributed by atoms with van der Waals surface area (Å²) >= 11 is 5.40. The van der Waals surface area contributed by atoms with Crippen LogP contribution in [0.3, 0.4) is 0 Å². The molecule has 2 rings (SSSR count). The second-order valence-corrected chi connectivity index (χ2v) is 3.37. The van der Waals surface area contributed by atoms with Crippen LogP contribution in [0.2, 0.25) is 5.02 Å². The lowest BCUT2D eigenvalue weighted by atomic mass is 10.1. The normalized spacial score (nSPS) is 20.4. The Balaban J connectivity index is 2.29. The summed E-state index contributed by atoms with van der Waals surface area (Å²) in [6.45, 7) is 0.647. The van der Waals surface area contributed by atoms with Gasteiger partial charge in [0.1, 0.15) is 16.7 Å². The Morgan fingerprint density at radius 3 is 2.77 bits per heavy atom. The molecule has 0 aliphatic carbocycles. The van der Waals surface area contributed by atoms with Gasteiger partial charge in [0.2, 0.25) is 0 Å². The molecule has 1 fully saturated rings. The summed E-state index contributed by atoms with van der Waals surface area (Å²) in [5.74, 6) is -1.39. The van der Waals surface area contributed by atoms with Crippen molar-refractivity contribution in [2.45, 2.75) is 12.5 Å². The molecule has 1 aliphatic rings. The number of ether oxygens (including phenoxy) is 1. The Morgan fingerprint density at radius 1 is 1.46 bits per heavy atom. The number of halogens is 3. The molecule has 0 saturated carbocycles. The number of benzene rings is 1. The van der Waals surface area contributed by atoms with Crippen LogP contribution in [0, 0.1) is 11.6 Å². The largest absolute Gasteiger partial charge is 0.373 e. The number of hydrogen-bond acceptors (Lipinski definition) is 1. The minimum atomic E-state index is -0.723. The van der Waals surface area contributed by atoms with Gasteiger partial charge in [-0.15, -0.1) is 0 Å². The van der Waals surface area contributed by atoms with E-state index in [1.165, 1.54) is 12.1 Å². The molecule has 1 unspecified atom stereocenters. The molecule has 0 radical (unpaired) electrons. The number of hydrogen-bond donors (Lipinski definition) is 0. The molecule has 13 heavy (non-hydrogen) atoms. The van der Waals surface area contributed by atoms with Gasteiger partial charge in [-0.3, -0.25) is 0 Å². The molecule has 1 aliphatic heterocycles. The van der Waals surface area contributed by atoms with Gasteiger partial charge in [0.25, 0.3) is 0 Å². The zero-order valence-corrected chi connectivity index (χ0v) is 7.44. The fraction of sp³-hybridized carbons (Fsp3) is 0.333. The lowest BCUT2D eigenvalue weighted by Gasteiger charge is -2.02. The van der Waals surface area contributed by atoms with E-state index in [4.69, 9.17) is 16.3 Å². The van der Waals surface area contributed by atoms with Crippen molar-refractivity contribution in [2.24, 2.45) is 0 Å². The predicted molar refractivity (Wildman–Crippen MR) is 44.8 cm³/mol. The Hall–Kier alpha value is -0.670. The molecule has 0 aromatic heterocycles. The van der Waals surface area contributed by atoms with Gasteiger partial charge in [0.15, 0.2) is 0 Å². The highest BCUT2D eigenvalue weighted by Crippen LogP contribution is 2.25. The monoisotopic (exact) mass is 204 g/mol. The SMILES string of the molecule is Fc1ccc(CC2CO2)c(F)c1Cl. The van der Waals surface area contributed by atoms with E-state index in [1.54, 1.807) is 0 Å². The van der Waals surface area contributed by atoms with Crippen molar-refractivity contribution in [3.8, 4) is 0 Å². The van der Waals surface area contributed by atoms with E-state index >= 15 is 0 Å². The van der Waals surface area contributed by atoms with Gasteiger partial charge in [-0.2, -0.15) is 0 Å². The highest BCUT2D eigenvalue weighted by atomic mass is 35.5. The molecule has 0 spiro atoms. The van der Waals surface area contributed by atoms with Gasteiger partial charge in [0.05, 0.1) is 12.7 Å². The van der Waals surface area contributed by atoms with E-state index in [-0.39, 0.29) is 6.10 Å². The molecule has 1 aromatic rings. The summed E-state index contributed by atoms with van der Waals surface area (Å²) < 4.78 is 30.9. The first-order valence-corrected chi connectivity index (χ1v) is 4.30. The highest BCUT2D eigenvalue weighted by molar-refractivity contribution is 6.30. The zero-order chi connectivity index (χ0) is 9.42. The van der Waals surface area contributed by atoms with Crippen molar-refractivity contribution in [1.29, 1.82) is 0 Å². The molecule has 4 heteroatoms. The van der Waals surface area contributed by atoms with Crippen molar-refractivity contribution >= 4 is 11.6 Å². The smallest absolute Gasteiger partial charge is 0.148 e. The molecular weight excluding hydrogens is 198 g/mol. The first kappa shape index (κ1) is 8.91. The molecule has 0 amide bonds. The number of rotatable bonds is 2. The third-order valence-corrected chi connectivity index (χ3v) is 2.31. The average Bonchev–Trinajstić information content (AvgIpc) is 2.90. The van der Waals surface area contributed by atoms with Gasteiger partial charge < -0.3 is 4.74 Å². The fourth-order valence-corrected chi connectivity index (χ4v) is 1.34. The Kier molecular flexibility index (Phi) is 2.22. The van der Waals surface area contributed by atoms with Gasteiger partial charge in [-0.25, -0.2) is 8.78 Å². The van der Waals surface area contributed by atoms with Crippen LogP contribution >= 0.6 is 11.6 Å². The van der Waals surface area contributed by atoms with Crippen molar-refractivity contribution in [3.63, 3.8) is 0 Å². The van der Waals surface area contributed by atoms with Crippen LogP contribution in [-0.2, 0) is 11.2 Å². The van der Waals surface area contributed by atoms with Crippen molar-refractivity contribution in [3.05, 3.63) is 34.4 Å². The van der Waals surface area contributed by atoms with Crippen LogP contribution in [-0.4, -0.2) is 12.7 Å². The average molecular weight is 205 g/mol. The van der Waals surface area contributed by atoms with E-state index in [0.717, 1.165) is 0 Å². The standard InChI is InChI=1S/C9H7ClF2O/c10-8-7(11)2-1-5(9(8)12)3-6-4-13-6/h1-2,6H,3-4H2. The Labute approximate surface area is 79.3 Å². The Bertz CT molecular complexity index is 337. The first-order chi connectivity index (χ1) is 6.18. The summed E-state index contributed by atoms with van der Waals surface area (Å²) in [7, 11) is 0. The molecule has 70 valence electrons. The maximum Gasteiger partial charge on any atom is 0.148 e. The zero-order valence-electron chi connectivity index (χ0n) is 6.69. The third-order valence-electron chi connectivity index (χ3n) is 1.97. The number of epoxide rings is 1. The molecule has 1 aromatic carbocycles. The van der Waals surface area contributed by atoms with E-state index in [0.29, 0.717) is 18.6 Å². The molecule has 0 bridgehead atoms. The van der Waals surface area contributed by atoms with Gasteiger partial charge >= 0.3 is 0 Å². The lowest BCUT2D eigenvalue weighted by molar-refractivity contribution is 0.404. The van der Waals surface area contributed by atoms with Crippen LogP contribution in [0.25, 0.3) is 0 Å². The molecule has 1 heterocycles. The summed E-state index contributed by atoms with van der Waals surface area (Å²) in [6, 6.07) is 2.57. The minimum absolute atomic E-state index is 0.0797. The van der Waals surface area contributed by atoms with E-state index in [9.17, 15) is 8.78 Å². The highest BCUT2D eigenvalue weighted by Gasteiger charge is 2.25. The summed E-state index contributed by atoms with van der Waals surface area (Å²) in [5, 5.41) is -0.432. The van der Waals surface area contributed by atoms with Crippen molar-refractivity contribution < 1.29 is 13.5 Å². The van der Waals surface area contributed by atoms with Crippen LogP contribution in [0.4, 0.5) is 8.78 Å². The van der Waals surface area contributed by atoms with Crippen LogP contribution in [0.1, 0.15) is 5.56 Å². The molecule has 0 N–H and O–H groups in total. The first-order valence-electron chi connectivity index (χ1n) is 3.92. The van der Waals surface area contributed by atoms with Gasteiger partial charge in [-0.05, 0) is 11.6 Å². The topological polar surface area (TPSA) is 12.5 Å². The maximum atomic E-state index is 13.2. The van der Waals surface area contributed by atoms with E-state index in [1.807, 2.05) is 0 Å². The molecule has 1 atom stereocenters. The minimum Gasteiger partial charge on any atom is -0.373 e. The Morgan fingerprint density at radius 2 is 2.15 bits per heavy atom. The van der Waals surface area contributed by atoms with Crippen LogP contribution < -0.4 is 0 Å². The molecular formula is C9H7ClF2O. The van der Waals surface area contributed by atoms with E-state index < -0.39 is 16.7 Å².